The van der Waals surface area contributed by atoms with E-state index >= 15 is 0 Å². The molecular formula is C16H20F3N5O3. The molecule has 3 heterocycles. The minimum atomic E-state index is -4.51. The predicted molar refractivity (Wildman–Crippen MR) is 85.3 cm³/mol. The molecule has 3 rings (SSSR count). The summed E-state index contributed by atoms with van der Waals surface area (Å²) in [6.07, 6.45) is -1.45. The third kappa shape index (κ3) is 5.06. The number of aryl methyl sites for hydroxylation is 1. The number of rotatable bonds is 6. The van der Waals surface area contributed by atoms with E-state index in [0.717, 1.165) is 16.9 Å². The van der Waals surface area contributed by atoms with Crippen molar-refractivity contribution in [2.45, 2.75) is 51.6 Å². The maximum Gasteiger partial charge on any atom is 0.435 e. The number of ether oxygens (including phenoxy) is 1. The number of nitrogens with zero attached hydrogens (tertiary/aromatic N) is 5. The number of carbonyl (C=O) groups excluding carboxylic acids is 1. The number of alkyl halides is 3. The fraction of sp³-hybridized carbons (Fsp3) is 0.625. The summed E-state index contributed by atoms with van der Waals surface area (Å²) in [4.78, 5) is 18.0. The molecule has 11 heteroatoms. The van der Waals surface area contributed by atoms with Crippen LogP contribution in [0.2, 0.25) is 0 Å². The minimum Gasteiger partial charge on any atom is -0.370 e. The average Bonchev–Trinajstić information content (AvgIpc) is 3.29. The van der Waals surface area contributed by atoms with Crippen LogP contribution >= 0.6 is 0 Å². The van der Waals surface area contributed by atoms with Crippen molar-refractivity contribution in [2.24, 2.45) is 0 Å². The second-order valence-electron chi connectivity index (χ2n) is 6.25. The van der Waals surface area contributed by atoms with E-state index in [2.05, 4.69) is 15.2 Å². The monoisotopic (exact) mass is 387 g/mol. The Morgan fingerprint density at radius 2 is 2.11 bits per heavy atom. The maximum absolute atomic E-state index is 12.6. The average molecular weight is 387 g/mol. The lowest BCUT2D eigenvalue weighted by Gasteiger charge is -2.31. The normalized spacial score (nSPS) is 16.1. The van der Waals surface area contributed by atoms with Crippen LogP contribution < -0.4 is 0 Å². The highest BCUT2D eigenvalue weighted by atomic mass is 19.4. The van der Waals surface area contributed by atoms with Crippen molar-refractivity contribution in [1.82, 2.24) is 24.8 Å². The van der Waals surface area contributed by atoms with Crippen molar-refractivity contribution >= 4 is 5.91 Å². The van der Waals surface area contributed by atoms with E-state index in [1.807, 2.05) is 6.92 Å². The first kappa shape index (κ1) is 19.3. The minimum absolute atomic E-state index is 0.0286. The molecular weight excluding hydrogens is 367 g/mol. The molecule has 0 N–H and O–H groups in total. The van der Waals surface area contributed by atoms with E-state index in [9.17, 15) is 18.0 Å². The quantitative estimate of drug-likeness (QED) is 0.754. The number of aromatic nitrogens is 4. The molecule has 8 nitrogen and oxygen atoms in total. The molecule has 0 unspecified atom stereocenters. The van der Waals surface area contributed by atoms with E-state index in [1.165, 1.54) is 0 Å². The van der Waals surface area contributed by atoms with Crippen molar-refractivity contribution < 1.29 is 27.2 Å². The van der Waals surface area contributed by atoms with Gasteiger partial charge in [0.05, 0.1) is 6.10 Å². The topological polar surface area (TPSA) is 86.3 Å². The van der Waals surface area contributed by atoms with Crippen LogP contribution in [0, 0.1) is 0 Å². The molecule has 0 spiro atoms. The molecule has 0 aliphatic carbocycles. The van der Waals surface area contributed by atoms with Crippen molar-refractivity contribution in [3.63, 3.8) is 0 Å². The van der Waals surface area contributed by atoms with Crippen LogP contribution in [0.5, 0.6) is 0 Å². The summed E-state index contributed by atoms with van der Waals surface area (Å²) < 4.78 is 49.4. The van der Waals surface area contributed by atoms with Gasteiger partial charge in [0.2, 0.25) is 11.8 Å². The van der Waals surface area contributed by atoms with Gasteiger partial charge in [-0.1, -0.05) is 12.1 Å². The number of halogens is 3. The van der Waals surface area contributed by atoms with Crippen LogP contribution in [0.4, 0.5) is 13.2 Å². The Bertz CT molecular complexity index is 765. The third-order valence-corrected chi connectivity index (χ3v) is 4.28. The molecule has 0 bridgehead atoms. The SMILES string of the molecule is CCc1nc(COC2CCN(C(=O)Cn3ccc(C(F)(F)F)n3)CC2)no1. The Morgan fingerprint density at radius 1 is 1.37 bits per heavy atom. The zero-order valence-corrected chi connectivity index (χ0v) is 14.8. The van der Waals surface area contributed by atoms with Crippen LogP contribution in [0.15, 0.2) is 16.8 Å². The summed E-state index contributed by atoms with van der Waals surface area (Å²) in [5.74, 6) is 0.779. The molecule has 0 saturated carbocycles. The zero-order chi connectivity index (χ0) is 19.4. The smallest absolute Gasteiger partial charge is 0.370 e. The molecule has 1 amide bonds. The van der Waals surface area contributed by atoms with E-state index in [0.29, 0.717) is 44.1 Å². The molecule has 0 radical (unpaired) electrons. The highest BCUT2D eigenvalue weighted by Gasteiger charge is 2.34. The van der Waals surface area contributed by atoms with Gasteiger partial charge in [-0.25, -0.2) is 0 Å². The second kappa shape index (κ2) is 8.07. The van der Waals surface area contributed by atoms with Gasteiger partial charge in [-0.2, -0.15) is 23.3 Å². The summed E-state index contributed by atoms with van der Waals surface area (Å²) in [5, 5.41) is 7.22. The highest BCUT2D eigenvalue weighted by molar-refractivity contribution is 5.76. The molecule has 1 saturated heterocycles. The Balaban J connectivity index is 1.43. The summed E-state index contributed by atoms with van der Waals surface area (Å²) >= 11 is 0. The van der Waals surface area contributed by atoms with E-state index < -0.39 is 11.9 Å². The molecule has 2 aromatic rings. The van der Waals surface area contributed by atoms with Crippen molar-refractivity contribution in [2.75, 3.05) is 13.1 Å². The number of hydrogen-bond acceptors (Lipinski definition) is 6. The maximum atomic E-state index is 12.6. The van der Waals surface area contributed by atoms with Crippen molar-refractivity contribution in [3.05, 3.63) is 29.7 Å². The lowest BCUT2D eigenvalue weighted by molar-refractivity contribution is -0.142. The Kier molecular flexibility index (Phi) is 5.78. The summed E-state index contributed by atoms with van der Waals surface area (Å²) in [7, 11) is 0. The number of piperidine rings is 1. The van der Waals surface area contributed by atoms with Crippen LogP contribution in [0.25, 0.3) is 0 Å². The molecule has 0 aromatic carbocycles. The largest absolute Gasteiger partial charge is 0.435 e. The molecule has 148 valence electrons. The van der Waals surface area contributed by atoms with Crippen molar-refractivity contribution in [1.29, 1.82) is 0 Å². The summed E-state index contributed by atoms with van der Waals surface area (Å²) in [5.41, 5.74) is -1.00. The second-order valence-corrected chi connectivity index (χ2v) is 6.25. The molecule has 1 aliphatic rings. The van der Waals surface area contributed by atoms with E-state index in [4.69, 9.17) is 9.26 Å². The Labute approximate surface area is 153 Å². The van der Waals surface area contributed by atoms with Crippen molar-refractivity contribution in [3.8, 4) is 0 Å². The molecule has 1 aliphatic heterocycles. The number of amides is 1. The molecule has 1 fully saturated rings. The van der Waals surface area contributed by atoms with Gasteiger partial charge in [0.25, 0.3) is 0 Å². The lowest BCUT2D eigenvalue weighted by Crippen LogP contribution is -2.42. The van der Waals surface area contributed by atoms with Crippen LogP contribution in [0.3, 0.4) is 0 Å². The van der Waals surface area contributed by atoms with Gasteiger partial charge >= 0.3 is 6.18 Å². The zero-order valence-electron chi connectivity index (χ0n) is 14.8. The van der Waals surface area contributed by atoms with E-state index in [-0.39, 0.29) is 25.2 Å². The Morgan fingerprint density at radius 3 is 2.70 bits per heavy atom. The van der Waals surface area contributed by atoms with E-state index in [1.54, 1.807) is 4.90 Å². The Hall–Kier alpha value is -2.43. The molecule has 2 aromatic heterocycles. The van der Waals surface area contributed by atoms with Gasteiger partial charge in [0.15, 0.2) is 11.5 Å². The third-order valence-electron chi connectivity index (χ3n) is 4.28. The first-order valence-corrected chi connectivity index (χ1v) is 8.66. The van der Waals surface area contributed by atoms with Crippen LogP contribution in [-0.4, -0.2) is 49.9 Å². The predicted octanol–water partition coefficient (Wildman–Crippen LogP) is 2.06. The van der Waals surface area contributed by atoms with Gasteiger partial charge in [0, 0.05) is 25.7 Å². The fourth-order valence-electron chi connectivity index (χ4n) is 2.80. The van der Waals surface area contributed by atoms with Gasteiger partial charge in [-0.05, 0) is 18.9 Å². The van der Waals surface area contributed by atoms with Gasteiger partial charge in [0.1, 0.15) is 13.2 Å². The number of likely N-dealkylation sites (tertiary alicyclic amines) is 1. The van der Waals surface area contributed by atoms with Crippen LogP contribution in [-0.2, 0) is 35.3 Å². The summed E-state index contributed by atoms with van der Waals surface area (Å²) in [6.45, 7) is 2.89. The van der Waals surface area contributed by atoms with Crippen LogP contribution in [0.1, 0.15) is 37.2 Å². The van der Waals surface area contributed by atoms with Gasteiger partial charge < -0.3 is 14.2 Å². The summed E-state index contributed by atoms with van der Waals surface area (Å²) in [6, 6.07) is 0.856. The standard InChI is InChI=1S/C16H20F3N5O3/c1-2-14-20-13(22-27-14)10-26-11-3-6-23(7-4-11)15(25)9-24-8-5-12(21-24)16(17,18)19/h5,8,11H,2-4,6-7,9-10H2,1H3. The first-order chi connectivity index (χ1) is 12.8. The first-order valence-electron chi connectivity index (χ1n) is 8.66. The van der Waals surface area contributed by atoms with Gasteiger partial charge in [-0.15, -0.1) is 0 Å². The number of hydrogen-bond donors (Lipinski definition) is 0. The highest BCUT2D eigenvalue weighted by Crippen LogP contribution is 2.27. The fourth-order valence-corrected chi connectivity index (χ4v) is 2.80. The number of carbonyl (C=O) groups is 1. The molecule has 0 atom stereocenters. The van der Waals surface area contributed by atoms with Gasteiger partial charge in [-0.3, -0.25) is 9.48 Å². The lowest BCUT2D eigenvalue weighted by atomic mass is 10.1. The molecule has 27 heavy (non-hydrogen) atoms.